The Hall–Kier alpha value is -1.38. The molecule has 0 N–H and O–H groups in total. The molecule has 4 nitrogen and oxygen atoms in total. The van der Waals surface area contributed by atoms with Gasteiger partial charge in [-0.3, -0.25) is 0 Å². The first-order valence-corrected chi connectivity index (χ1v) is 5.20. The summed E-state index contributed by atoms with van der Waals surface area (Å²) in [5.74, 6) is 0. The van der Waals surface area contributed by atoms with Crippen LogP contribution in [0.5, 0.6) is 0 Å². The number of para-hydroxylation sites is 1. The van der Waals surface area contributed by atoms with E-state index in [-0.39, 0.29) is 0 Å². The van der Waals surface area contributed by atoms with Crippen LogP contribution in [0, 0.1) is 0 Å². The number of halogens is 1. The maximum absolute atomic E-state index is 8.46. The molecule has 80 valence electrons. The van der Waals surface area contributed by atoms with Crippen molar-refractivity contribution in [1.29, 1.82) is 0 Å². The Morgan fingerprint density at radius 2 is 2.07 bits per heavy atom. The van der Waals surface area contributed by atoms with Crippen molar-refractivity contribution in [2.24, 2.45) is 5.11 Å². The number of rotatable bonds is 4. The maximum Gasteiger partial charge on any atom is 0.0652 e. The summed E-state index contributed by atoms with van der Waals surface area (Å²) in [6.07, 6.45) is 0. The molecular weight excluding hydrogens is 212 g/mol. The molecule has 0 aliphatic heterocycles. The topological polar surface area (TPSA) is 52.0 Å². The van der Waals surface area contributed by atoms with E-state index in [9.17, 15) is 0 Å². The molecule has 0 saturated heterocycles. The second-order valence-electron chi connectivity index (χ2n) is 2.97. The van der Waals surface area contributed by atoms with E-state index >= 15 is 0 Å². The van der Waals surface area contributed by atoms with Gasteiger partial charge < -0.3 is 4.90 Å². The summed E-state index contributed by atoms with van der Waals surface area (Å²) >= 11 is 6.09. The highest BCUT2D eigenvalue weighted by Crippen LogP contribution is 2.35. The van der Waals surface area contributed by atoms with Crippen LogP contribution in [0.3, 0.4) is 0 Å². The van der Waals surface area contributed by atoms with Crippen molar-refractivity contribution in [3.05, 3.63) is 33.7 Å². The van der Waals surface area contributed by atoms with E-state index in [2.05, 4.69) is 14.9 Å². The molecule has 15 heavy (non-hydrogen) atoms. The van der Waals surface area contributed by atoms with Crippen LogP contribution in [0.1, 0.15) is 13.8 Å². The fourth-order valence-corrected chi connectivity index (χ4v) is 1.77. The van der Waals surface area contributed by atoms with Crippen LogP contribution in [0.4, 0.5) is 11.4 Å². The molecule has 0 radical (unpaired) electrons. The normalized spacial score (nSPS) is 9.53. The number of benzene rings is 1. The van der Waals surface area contributed by atoms with Crippen LogP contribution in [0.2, 0.25) is 5.02 Å². The maximum atomic E-state index is 8.46. The first-order valence-electron chi connectivity index (χ1n) is 4.83. The molecule has 0 aliphatic carbocycles. The molecule has 0 bridgehead atoms. The quantitative estimate of drug-likeness (QED) is 0.431. The van der Waals surface area contributed by atoms with Crippen molar-refractivity contribution in [3.8, 4) is 0 Å². The van der Waals surface area contributed by atoms with E-state index in [0.717, 1.165) is 18.8 Å². The van der Waals surface area contributed by atoms with Gasteiger partial charge in [0.2, 0.25) is 0 Å². The van der Waals surface area contributed by atoms with Crippen LogP contribution in [-0.4, -0.2) is 13.1 Å². The van der Waals surface area contributed by atoms with Crippen LogP contribution in [0.15, 0.2) is 23.3 Å². The molecule has 0 aromatic heterocycles. The van der Waals surface area contributed by atoms with Crippen LogP contribution in [0.25, 0.3) is 10.4 Å². The van der Waals surface area contributed by atoms with Gasteiger partial charge in [0, 0.05) is 18.0 Å². The Morgan fingerprint density at radius 1 is 1.40 bits per heavy atom. The summed E-state index contributed by atoms with van der Waals surface area (Å²) in [6, 6.07) is 5.34. The SMILES string of the molecule is CCN(CC)c1c(Cl)cccc1N=[N+]=[N-]. The van der Waals surface area contributed by atoms with Gasteiger partial charge in [-0.1, -0.05) is 28.8 Å². The van der Waals surface area contributed by atoms with Gasteiger partial charge in [0.25, 0.3) is 0 Å². The minimum absolute atomic E-state index is 0.578. The summed E-state index contributed by atoms with van der Waals surface area (Å²) in [5.41, 5.74) is 9.84. The smallest absolute Gasteiger partial charge is 0.0652 e. The Labute approximate surface area is 94.1 Å². The Balaban J connectivity index is 3.28. The van der Waals surface area contributed by atoms with Gasteiger partial charge in [-0.15, -0.1) is 0 Å². The first-order chi connectivity index (χ1) is 7.24. The predicted molar refractivity (Wildman–Crippen MR) is 63.8 cm³/mol. The lowest BCUT2D eigenvalue weighted by atomic mass is 10.2. The lowest BCUT2D eigenvalue weighted by molar-refractivity contribution is 0.866. The molecule has 0 amide bonds. The average molecular weight is 225 g/mol. The van der Waals surface area contributed by atoms with Gasteiger partial charge in [0.05, 0.1) is 16.4 Å². The van der Waals surface area contributed by atoms with Crippen molar-refractivity contribution >= 4 is 23.0 Å². The molecule has 0 atom stereocenters. The highest BCUT2D eigenvalue weighted by molar-refractivity contribution is 6.33. The van der Waals surface area contributed by atoms with Gasteiger partial charge in [0.15, 0.2) is 0 Å². The molecule has 5 heteroatoms. The second-order valence-corrected chi connectivity index (χ2v) is 3.38. The molecule has 1 aromatic rings. The fraction of sp³-hybridized carbons (Fsp3) is 0.400. The van der Waals surface area contributed by atoms with Crippen molar-refractivity contribution in [2.75, 3.05) is 18.0 Å². The minimum atomic E-state index is 0.578. The van der Waals surface area contributed by atoms with E-state index < -0.39 is 0 Å². The summed E-state index contributed by atoms with van der Waals surface area (Å²) in [6.45, 7) is 5.72. The van der Waals surface area contributed by atoms with Crippen LogP contribution in [-0.2, 0) is 0 Å². The number of hydrogen-bond donors (Lipinski definition) is 0. The Kier molecular flexibility index (Phi) is 4.28. The number of anilines is 1. The molecule has 0 aliphatic rings. The fourth-order valence-electron chi connectivity index (χ4n) is 1.49. The van der Waals surface area contributed by atoms with Gasteiger partial charge in [-0.2, -0.15) is 0 Å². The third-order valence-corrected chi connectivity index (χ3v) is 2.50. The zero-order valence-corrected chi connectivity index (χ0v) is 9.57. The highest BCUT2D eigenvalue weighted by Gasteiger charge is 2.10. The summed E-state index contributed by atoms with van der Waals surface area (Å²) in [4.78, 5) is 4.86. The third kappa shape index (κ3) is 2.55. The average Bonchev–Trinajstić information content (AvgIpc) is 2.24. The number of nitrogens with zero attached hydrogens (tertiary/aromatic N) is 4. The zero-order valence-electron chi connectivity index (χ0n) is 8.81. The van der Waals surface area contributed by atoms with Crippen molar-refractivity contribution in [2.45, 2.75) is 13.8 Å². The highest BCUT2D eigenvalue weighted by atomic mass is 35.5. The van der Waals surface area contributed by atoms with E-state index in [1.54, 1.807) is 18.2 Å². The predicted octanol–water partition coefficient (Wildman–Crippen LogP) is 4.13. The van der Waals surface area contributed by atoms with E-state index in [0.29, 0.717) is 10.7 Å². The molecule has 0 heterocycles. The second kappa shape index (κ2) is 5.49. The van der Waals surface area contributed by atoms with Crippen LogP contribution < -0.4 is 4.90 Å². The van der Waals surface area contributed by atoms with Crippen molar-refractivity contribution < 1.29 is 0 Å². The largest absolute Gasteiger partial charge is 0.371 e. The van der Waals surface area contributed by atoms with Gasteiger partial charge in [-0.05, 0) is 25.4 Å². The molecule has 1 aromatic carbocycles. The monoisotopic (exact) mass is 224 g/mol. The van der Waals surface area contributed by atoms with Gasteiger partial charge >= 0.3 is 0 Å². The number of hydrogen-bond acceptors (Lipinski definition) is 2. The summed E-state index contributed by atoms with van der Waals surface area (Å²) in [5, 5.41) is 4.25. The third-order valence-electron chi connectivity index (χ3n) is 2.20. The molecule has 0 fully saturated rings. The molecular formula is C10H13ClN4. The molecule has 1 rings (SSSR count). The molecule has 0 saturated carbocycles. The lowest BCUT2D eigenvalue weighted by Gasteiger charge is -2.23. The molecule has 0 unspecified atom stereocenters. The summed E-state index contributed by atoms with van der Waals surface area (Å²) < 4.78 is 0. The van der Waals surface area contributed by atoms with E-state index in [1.807, 2.05) is 13.8 Å². The minimum Gasteiger partial charge on any atom is -0.371 e. The first kappa shape index (κ1) is 11.7. The summed E-state index contributed by atoms with van der Waals surface area (Å²) in [7, 11) is 0. The van der Waals surface area contributed by atoms with Crippen molar-refractivity contribution in [3.63, 3.8) is 0 Å². The Morgan fingerprint density at radius 3 is 2.60 bits per heavy atom. The van der Waals surface area contributed by atoms with E-state index in [1.165, 1.54) is 0 Å². The van der Waals surface area contributed by atoms with Gasteiger partial charge in [0.1, 0.15) is 0 Å². The molecule has 0 spiro atoms. The standard InChI is InChI=1S/C10H13ClN4/c1-3-15(4-2)10-8(11)6-5-7-9(10)13-14-12/h5-7H,3-4H2,1-2H3. The lowest BCUT2D eigenvalue weighted by Crippen LogP contribution is -2.22. The van der Waals surface area contributed by atoms with Crippen LogP contribution >= 0.6 is 11.6 Å². The van der Waals surface area contributed by atoms with Gasteiger partial charge in [-0.25, -0.2) is 0 Å². The zero-order chi connectivity index (χ0) is 11.3. The number of azide groups is 1. The Bertz CT molecular complexity index is 381. The van der Waals surface area contributed by atoms with Crippen molar-refractivity contribution in [1.82, 2.24) is 0 Å². The van der Waals surface area contributed by atoms with E-state index in [4.69, 9.17) is 17.1 Å².